The Morgan fingerprint density at radius 3 is 2.58 bits per heavy atom. The highest BCUT2D eigenvalue weighted by molar-refractivity contribution is 5.97. The van der Waals surface area contributed by atoms with Crippen molar-refractivity contribution in [2.24, 2.45) is 29.6 Å². The molecule has 6 heteroatoms. The van der Waals surface area contributed by atoms with Crippen molar-refractivity contribution in [2.75, 3.05) is 13.1 Å². The lowest BCUT2D eigenvalue weighted by molar-refractivity contribution is -0.155. The van der Waals surface area contributed by atoms with Crippen molar-refractivity contribution in [1.82, 2.24) is 15.5 Å². The minimum Gasteiger partial charge on any atom is -0.350 e. The Bertz CT molecular complexity index is 825. The maximum atomic E-state index is 13.7. The van der Waals surface area contributed by atoms with Crippen molar-refractivity contribution in [3.63, 3.8) is 0 Å². The summed E-state index contributed by atoms with van der Waals surface area (Å²) < 4.78 is 13.2. The van der Waals surface area contributed by atoms with Crippen molar-refractivity contribution >= 4 is 11.8 Å². The normalized spacial score (nSPS) is 32.0. The quantitative estimate of drug-likeness (QED) is 0.666. The van der Waals surface area contributed by atoms with Crippen LogP contribution in [0.5, 0.6) is 0 Å². The van der Waals surface area contributed by atoms with Gasteiger partial charge in [-0.3, -0.25) is 14.5 Å². The molecule has 3 saturated heterocycles. The number of halogens is 1. The van der Waals surface area contributed by atoms with E-state index in [-0.39, 0.29) is 41.4 Å². The van der Waals surface area contributed by atoms with Gasteiger partial charge in [-0.1, -0.05) is 39.8 Å². The first kappa shape index (κ1) is 22.3. The number of hydrogen-bond donors (Lipinski definition) is 2. The fraction of sp³-hybridized carbons (Fsp3) is 0.680. The molecule has 4 fully saturated rings. The van der Waals surface area contributed by atoms with Crippen LogP contribution in [-0.4, -0.2) is 41.4 Å². The Balaban J connectivity index is 1.61. The average molecular weight is 430 g/mol. The first-order valence-corrected chi connectivity index (χ1v) is 11.8. The number of rotatable bonds is 8. The van der Waals surface area contributed by atoms with Gasteiger partial charge in [0.05, 0.1) is 0 Å². The molecule has 170 valence electrons. The Morgan fingerprint density at radius 2 is 1.94 bits per heavy atom. The molecule has 31 heavy (non-hydrogen) atoms. The van der Waals surface area contributed by atoms with Gasteiger partial charge in [-0.2, -0.15) is 0 Å². The second-order valence-electron chi connectivity index (χ2n) is 10.6. The van der Waals surface area contributed by atoms with E-state index in [4.69, 9.17) is 0 Å². The first-order chi connectivity index (χ1) is 14.7. The highest BCUT2D eigenvalue weighted by Gasteiger charge is 2.70. The Labute approximate surface area is 185 Å². The number of likely N-dealkylation sites (tertiary alicyclic amines) is 1. The van der Waals surface area contributed by atoms with Crippen molar-refractivity contribution in [1.29, 1.82) is 0 Å². The average Bonchev–Trinajstić information content (AvgIpc) is 2.94. The van der Waals surface area contributed by atoms with Crippen molar-refractivity contribution in [2.45, 2.75) is 65.1 Å². The van der Waals surface area contributed by atoms with Gasteiger partial charge in [0.1, 0.15) is 11.4 Å². The molecule has 4 bridgehead atoms. The molecule has 1 saturated carbocycles. The van der Waals surface area contributed by atoms with Crippen LogP contribution in [0.15, 0.2) is 24.3 Å². The standard InChI is InChI=1S/C25H36FN3O2/c1-15(2)9-10-29-14-18-12-21-20(11-16(3)4)22(29)25(18,28-23(21)30)24(31)27-13-17-5-7-19(26)8-6-17/h5-8,15-16,18,20-22H,9-14H2,1-4H3,(H,27,31)(H,28,30)/t18-,20+,21+,22-,25-/m0/s1. The molecule has 5 rings (SSSR count). The van der Waals surface area contributed by atoms with Gasteiger partial charge < -0.3 is 10.6 Å². The molecule has 3 heterocycles. The Morgan fingerprint density at radius 1 is 1.23 bits per heavy atom. The molecule has 1 aromatic rings. The summed E-state index contributed by atoms with van der Waals surface area (Å²) in [5.41, 5.74) is -0.00714. The minimum absolute atomic E-state index is 0.00761. The van der Waals surface area contributed by atoms with Gasteiger partial charge in [0.15, 0.2) is 0 Å². The molecule has 0 spiro atoms. The molecule has 4 aliphatic rings. The molecule has 5 atom stereocenters. The van der Waals surface area contributed by atoms with Gasteiger partial charge >= 0.3 is 0 Å². The summed E-state index contributed by atoms with van der Waals surface area (Å²) in [6.07, 6.45) is 2.84. The zero-order valence-electron chi connectivity index (χ0n) is 19.2. The third-order valence-electron chi connectivity index (χ3n) is 7.57. The molecule has 5 nitrogen and oxygen atoms in total. The van der Waals surface area contributed by atoms with Gasteiger partial charge in [-0.15, -0.1) is 0 Å². The monoisotopic (exact) mass is 429 g/mol. The van der Waals surface area contributed by atoms with Gasteiger partial charge in [-0.05, 0) is 61.3 Å². The molecular weight excluding hydrogens is 393 g/mol. The minimum atomic E-state index is -0.859. The summed E-state index contributed by atoms with van der Waals surface area (Å²) in [7, 11) is 0. The van der Waals surface area contributed by atoms with Gasteiger partial charge in [0.2, 0.25) is 11.8 Å². The Hall–Kier alpha value is -1.95. The van der Waals surface area contributed by atoms with E-state index in [1.54, 1.807) is 12.1 Å². The number of carbonyl (C=O) groups is 2. The lowest BCUT2D eigenvalue weighted by atomic mass is 9.57. The molecule has 2 amide bonds. The topological polar surface area (TPSA) is 61.4 Å². The number of amides is 2. The number of nitrogens with one attached hydrogen (secondary N) is 2. The van der Waals surface area contributed by atoms with Crippen LogP contribution in [0, 0.1) is 35.4 Å². The summed E-state index contributed by atoms with van der Waals surface area (Å²) >= 11 is 0. The third kappa shape index (κ3) is 3.99. The summed E-state index contributed by atoms with van der Waals surface area (Å²) in [5, 5.41) is 6.29. The van der Waals surface area contributed by atoms with Crippen LogP contribution < -0.4 is 10.6 Å². The van der Waals surface area contributed by atoms with Crippen molar-refractivity contribution in [3.05, 3.63) is 35.6 Å². The molecule has 1 aliphatic carbocycles. The van der Waals surface area contributed by atoms with Crippen LogP contribution in [0.1, 0.15) is 52.5 Å². The van der Waals surface area contributed by atoms with E-state index >= 15 is 0 Å². The highest BCUT2D eigenvalue weighted by atomic mass is 19.1. The predicted octanol–water partition coefficient (Wildman–Crippen LogP) is 3.34. The van der Waals surface area contributed by atoms with Crippen LogP contribution in [-0.2, 0) is 16.1 Å². The third-order valence-corrected chi connectivity index (χ3v) is 7.57. The summed E-state index contributed by atoms with van der Waals surface area (Å²) in [6, 6.07) is 6.24. The van der Waals surface area contributed by atoms with Gasteiger partial charge in [0, 0.05) is 31.0 Å². The van der Waals surface area contributed by atoms with E-state index in [2.05, 4.69) is 43.2 Å². The van der Waals surface area contributed by atoms with E-state index in [0.717, 1.165) is 37.9 Å². The number of benzene rings is 1. The lowest BCUT2D eigenvalue weighted by Crippen LogP contribution is -2.77. The van der Waals surface area contributed by atoms with E-state index in [0.29, 0.717) is 18.4 Å². The lowest BCUT2D eigenvalue weighted by Gasteiger charge is -2.55. The number of fused-ring (bicyclic) bond motifs is 1. The van der Waals surface area contributed by atoms with E-state index < -0.39 is 5.54 Å². The van der Waals surface area contributed by atoms with Gasteiger partial charge in [-0.25, -0.2) is 4.39 Å². The second-order valence-corrected chi connectivity index (χ2v) is 10.6. The summed E-state index contributed by atoms with van der Waals surface area (Å²) in [4.78, 5) is 29.2. The Kier molecular flexibility index (Phi) is 6.12. The zero-order chi connectivity index (χ0) is 22.3. The van der Waals surface area contributed by atoms with Crippen molar-refractivity contribution < 1.29 is 14.0 Å². The fourth-order valence-corrected chi connectivity index (χ4v) is 6.21. The van der Waals surface area contributed by atoms with Crippen LogP contribution in [0.3, 0.4) is 0 Å². The van der Waals surface area contributed by atoms with Crippen molar-refractivity contribution in [3.8, 4) is 0 Å². The molecular formula is C25H36FN3O2. The summed E-state index contributed by atoms with van der Waals surface area (Å²) in [6.45, 7) is 11.0. The van der Waals surface area contributed by atoms with Crippen LogP contribution in [0.2, 0.25) is 0 Å². The van der Waals surface area contributed by atoms with Crippen LogP contribution in [0.25, 0.3) is 0 Å². The first-order valence-electron chi connectivity index (χ1n) is 11.8. The number of nitrogens with zero attached hydrogens (tertiary/aromatic N) is 1. The van der Waals surface area contributed by atoms with E-state index in [9.17, 15) is 14.0 Å². The van der Waals surface area contributed by atoms with Crippen LogP contribution in [0.4, 0.5) is 4.39 Å². The predicted molar refractivity (Wildman–Crippen MR) is 118 cm³/mol. The molecule has 2 N–H and O–H groups in total. The summed E-state index contributed by atoms with van der Waals surface area (Å²) in [5.74, 6) is 1.09. The number of carbonyl (C=O) groups excluding carboxylic acids is 2. The smallest absolute Gasteiger partial charge is 0.248 e. The van der Waals surface area contributed by atoms with E-state index in [1.165, 1.54) is 12.1 Å². The number of piperidine rings is 2. The largest absolute Gasteiger partial charge is 0.350 e. The number of hydrogen-bond acceptors (Lipinski definition) is 3. The molecule has 1 aromatic carbocycles. The zero-order valence-corrected chi connectivity index (χ0v) is 19.2. The van der Waals surface area contributed by atoms with Gasteiger partial charge in [0.25, 0.3) is 0 Å². The molecule has 0 aromatic heterocycles. The van der Waals surface area contributed by atoms with Crippen LogP contribution >= 0.6 is 0 Å². The maximum Gasteiger partial charge on any atom is 0.248 e. The second kappa shape index (κ2) is 8.53. The maximum absolute atomic E-state index is 13.7. The molecule has 3 aliphatic heterocycles. The molecule has 0 radical (unpaired) electrons. The molecule has 0 unspecified atom stereocenters. The SMILES string of the molecule is CC(C)CCN1C[C@@H]2C[C@H]3C(=O)N[C@]2(C(=O)NCc2ccc(F)cc2)[C@@H]1[C@@H]3CC(C)C. The fourth-order valence-electron chi connectivity index (χ4n) is 6.21. The highest BCUT2D eigenvalue weighted by Crippen LogP contribution is 2.54. The van der Waals surface area contributed by atoms with E-state index in [1.807, 2.05) is 0 Å².